The summed E-state index contributed by atoms with van der Waals surface area (Å²) in [5.74, 6) is -2.04. The number of ether oxygens (including phenoxy) is 1. The zero-order valence-electron chi connectivity index (χ0n) is 12.6. The van der Waals surface area contributed by atoms with Gasteiger partial charge >= 0.3 is 0 Å². The fourth-order valence-electron chi connectivity index (χ4n) is 1.95. The highest BCUT2D eigenvalue weighted by atomic mass is 19.1. The molecule has 2 aromatic rings. The van der Waals surface area contributed by atoms with Gasteiger partial charge in [0.15, 0.2) is 24.0 Å². The Morgan fingerprint density at radius 2 is 1.96 bits per heavy atom. The Morgan fingerprint density at radius 3 is 2.58 bits per heavy atom. The molecule has 1 amide bonds. The topological polar surface area (TPSA) is 98.5 Å². The summed E-state index contributed by atoms with van der Waals surface area (Å²) in [5.41, 5.74) is 0.245. The second-order valence-electron chi connectivity index (χ2n) is 4.81. The van der Waals surface area contributed by atoms with Crippen molar-refractivity contribution in [3.63, 3.8) is 0 Å². The molecule has 8 heteroatoms. The number of nitrogens with one attached hydrogen (secondary N) is 1. The van der Waals surface area contributed by atoms with Crippen LogP contribution in [0.3, 0.4) is 0 Å². The number of amides is 1. The molecule has 0 aliphatic rings. The SMILES string of the molecule is CC(=O)c1ccccc1NC(=O)COc1ccc([N+](=O)[O-])cc1F. The molecule has 0 unspecified atom stereocenters. The highest BCUT2D eigenvalue weighted by molar-refractivity contribution is 6.03. The summed E-state index contributed by atoms with van der Waals surface area (Å²) in [5, 5.41) is 13.0. The number of nitro benzene ring substituents is 1. The largest absolute Gasteiger partial charge is 0.481 e. The van der Waals surface area contributed by atoms with Gasteiger partial charge < -0.3 is 10.1 Å². The fourth-order valence-corrected chi connectivity index (χ4v) is 1.95. The maximum atomic E-state index is 13.7. The zero-order valence-corrected chi connectivity index (χ0v) is 12.6. The summed E-state index contributed by atoms with van der Waals surface area (Å²) in [4.78, 5) is 33.1. The monoisotopic (exact) mass is 332 g/mol. The van der Waals surface area contributed by atoms with Crippen LogP contribution in [0.25, 0.3) is 0 Å². The van der Waals surface area contributed by atoms with E-state index in [1.54, 1.807) is 24.3 Å². The maximum Gasteiger partial charge on any atom is 0.272 e. The summed E-state index contributed by atoms with van der Waals surface area (Å²) in [6.45, 7) is 0.856. The van der Waals surface area contributed by atoms with E-state index in [0.29, 0.717) is 17.3 Å². The summed E-state index contributed by atoms with van der Waals surface area (Å²) in [6, 6.07) is 9.29. The molecule has 0 atom stereocenters. The number of anilines is 1. The zero-order chi connectivity index (χ0) is 17.7. The van der Waals surface area contributed by atoms with Crippen LogP contribution in [0.2, 0.25) is 0 Å². The molecule has 2 aromatic carbocycles. The van der Waals surface area contributed by atoms with Crippen LogP contribution in [-0.4, -0.2) is 23.2 Å². The van der Waals surface area contributed by atoms with Gasteiger partial charge in [-0.3, -0.25) is 19.7 Å². The molecule has 0 fully saturated rings. The van der Waals surface area contributed by atoms with E-state index in [9.17, 15) is 24.1 Å². The molecule has 0 aromatic heterocycles. The highest BCUT2D eigenvalue weighted by Gasteiger charge is 2.14. The van der Waals surface area contributed by atoms with E-state index in [1.807, 2.05) is 0 Å². The number of ketones is 1. The highest BCUT2D eigenvalue weighted by Crippen LogP contribution is 2.22. The van der Waals surface area contributed by atoms with Crippen LogP contribution in [0.4, 0.5) is 15.8 Å². The van der Waals surface area contributed by atoms with Crippen molar-refractivity contribution in [1.82, 2.24) is 0 Å². The number of non-ortho nitro benzene ring substituents is 1. The van der Waals surface area contributed by atoms with Crippen molar-refractivity contribution in [2.75, 3.05) is 11.9 Å². The number of carbonyl (C=O) groups excluding carboxylic acids is 2. The molecule has 0 saturated heterocycles. The van der Waals surface area contributed by atoms with Gasteiger partial charge in [-0.1, -0.05) is 12.1 Å². The van der Waals surface area contributed by atoms with Crippen molar-refractivity contribution < 1.29 is 23.6 Å². The average molecular weight is 332 g/mol. The smallest absolute Gasteiger partial charge is 0.272 e. The van der Waals surface area contributed by atoms with Gasteiger partial charge in [0.25, 0.3) is 11.6 Å². The lowest BCUT2D eigenvalue weighted by Gasteiger charge is -2.10. The van der Waals surface area contributed by atoms with E-state index in [-0.39, 0.29) is 11.5 Å². The third-order valence-electron chi connectivity index (χ3n) is 3.07. The van der Waals surface area contributed by atoms with Crippen LogP contribution in [0.5, 0.6) is 5.75 Å². The third-order valence-corrected chi connectivity index (χ3v) is 3.07. The van der Waals surface area contributed by atoms with E-state index < -0.39 is 28.9 Å². The number of carbonyl (C=O) groups is 2. The van der Waals surface area contributed by atoms with Gasteiger partial charge in [-0.05, 0) is 25.1 Å². The first kappa shape index (κ1) is 17.1. The molecule has 0 radical (unpaired) electrons. The number of nitro groups is 1. The Balaban J connectivity index is 2.02. The quantitative estimate of drug-likeness (QED) is 0.498. The second-order valence-corrected chi connectivity index (χ2v) is 4.81. The van der Waals surface area contributed by atoms with Gasteiger partial charge in [-0.15, -0.1) is 0 Å². The third kappa shape index (κ3) is 4.13. The number of rotatable bonds is 6. The summed E-state index contributed by atoms with van der Waals surface area (Å²) < 4.78 is 18.7. The Kier molecular flexibility index (Phi) is 5.20. The average Bonchev–Trinajstić information content (AvgIpc) is 2.53. The molecule has 0 spiro atoms. The van der Waals surface area contributed by atoms with Gasteiger partial charge in [-0.25, -0.2) is 4.39 Å². The Morgan fingerprint density at radius 1 is 1.25 bits per heavy atom. The molecule has 24 heavy (non-hydrogen) atoms. The molecule has 0 aliphatic heterocycles. The van der Waals surface area contributed by atoms with Crippen molar-refractivity contribution in [3.8, 4) is 5.75 Å². The molecule has 0 heterocycles. The maximum absolute atomic E-state index is 13.7. The fraction of sp³-hybridized carbons (Fsp3) is 0.125. The molecular formula is C16H13FN2O5. The van der Waals surface area contributed by atoms with E-state index in [0.717, 1.165) is 12.1 Å². The predicted octanol–water partition coefficient (Wildman–Crippen LogP) is 2.95. The van der Waals surface area contributed by atoms with Gasteiger partial charge in [0, 0.05) is 11.6 Å². The van der Waals surface area contributed by atoms with Crippen molar-refractivity contribution in [1.29, 1.82) is 0 Å². The number of halogens is 1. The molecule has 7 nitrogen and oxygen atoms in total. The normalized spacial score (nSPS) is 10.1. The second kappa shape index (κ2) is 7.32. The standard InChI is InChI=1S/C16H13FN2O5/c1-10(20)12-4-2-3-5-14(12)18-16(21)9-24-15-7-6-11(19(22)23)8-13(15)17/h2-8H,9H2,1H3,(H,18,21). The number of hydrogen-bond donors (Lipinski definition) is 1. The number of para-hydroxylation sites is 1. The van der Waals surface area contributed by atoms with Crippen molar-refractivity contribution in [2.45, 2.75) is 6.92 Å². The molecule has 0 saturated carbocycles. The van der Waals surface area contributed by atoms with Crippen molar-refractivity contribution >= 4 is 23.1 Å². The Labute approximate surface area is 136 Å². The van der Waals surface area contributed by atoms with E-state index in [4.69, 9.17) is 4.74 Å². The van der Waals surface area contributed by atoms with E-state index in [1.165, 1.54) is 6.92 Å². The van der Waals surface area contributed by atoms with Gasteiger partial charge in [0.2, 0.25) is 0 Å². The van der Waals surface area contributed by atoms with Crippen LogP contribution < -0.4 is 10.1 Å². The van der Waals surface area contributed by atoms with Crippen LogP contribution in [-0.2, 0) is 4.79 Å². The summed E-state index contributed by atoms with van der Waals surface area (Å²) >= 11 is 0. The van der Waals surface area contributed by atoms with Crippen LogP contribution in [0.15, 0.2) is 42.5 Å². The summed E-state index contributed by atoms with van der Waals surface area (Å²) in [7, 11) is 0. The first-order chi connectivity index (χ1) is 11.4. The molecule has 1 N–H and O–H groups in total. The van der Waals surface area contributed by atoms with Gasteiger partial charge in [0.05, 0.1) is 16.7 Å². The Hall–Kier alpha value is -3.29. The summed E-state index contributed by atoms with van der Waals surface area (Å²) in [6.07, 6.45) is 0. The minimum Gasteiger partial charge on any atom is -0.481 e. The Bertz CT molecular complexity index is 807. The van der Waals surface area contributed by atoms with Crippen molar-refractivity contribution in [2.24, 2.45) is 0 Å². The first-order valence-corrected chi connectivity index (χ1v) is 6.85. The minimum absolute atomic E-state index is 0.215. The van der Waals surface area contributed by atoms with Crippen LogP contribution in [0.1, 0.15) is 17.3 Å². The van der Waals surface area contributed by atoms with Gasteiger partial charge in [-0.2, -0.15) is 0 Å². The van der Waals surface area contributed by atoms with Gasteiger partial charge in [0.1, 0.15) is 0 Å². The predicted molar refractivity (Wildman–Crippen MR) is 83.6 cm³/mol. The van der Waals surface area contributed by atoms with Crippen LogP contribution >= 0.6 is 0 Å². The molecule has 124 valence electrons. The lowest BCUT2D eigenvalue weighted by atomic mass is 10.1. The molecule has 2 rings (SSSR count). The number of hydrogen-bond acceptors (Lipinski definition) is 5. The molecule has 0 aliphatic carbocycles. The van der Waals surface area contributed by atoms with E-state index in [2.05, 4.69) is 5.32 Å². The first-order valence-electron chi connectivity index (χ1n) is 6.85. The number of benzene rings is 2. The van der Waals surface area contributed by atoms with Crippen LogP contribution in [0, 0.1) is 15.9 Å². The van der Waals surface area contributed by atoms with Crippen molar-refractivity contribution in [3.05, 3.63) is 64.0 Å². The molecular weight excluding hydrogens is 319 g/mol. The lowest BCUT2D eigenvalue weighted by Crippen LogP contribution is -2.21. The lowest BCUT2D eigenvalue weighted by molar-refractivity contribution is -0.385. The number of nitrogens with zero attached hydrogens (tertiary/aromatic N) is 1. The minimum atomic E-state index is -0.943. The number of Topliss-reactive ketones (excluding diaryl/α,β-unsaturated/α-hetero) is 1. The van der Waals surface area contributed by atoms with E-state index >= 15 is 0 Å². The molecule has 0 bridgehead atoms.